The number of anilines is 1. The molecule has 2 rings (SSSR count). The lowest BCUT2D eigenvalue weighted by atomic mass is 10.3. The second-order valence-corrected chi connectivity index (χ2v) is 3.66. The molecule has 0 aliphatic rings. The molecule has 0 unspecified atom stereocenters. The van der Waals surface area contributed by atoms with Gasteiger partial charge in [0.15, 0.2) is 0 Å². The summed E-state index contributed by atoms with van der Waals surface area (Å²) < 4.78 is 6.84. The number of hydrogen-bond donors (Lipinski definition) is 1. The Hall–Kier alpha value is -1.88. The molecule has 5 heteroatoms. The molecule has 0 bridgehead atoms. The standard InChI is InChI=1S/C12H16N4O/c1-17-7-6-16-10-12(9-15-16)14-8-11-4-2-3-5-13-11/h2-5,9-10,14H,6-8H2,1H3. The molecule has 0 radical (unpaired) electrons. The van der Waals surface area contributed by atoms with Crippen molar-refractivity contribution in [1.82, 2.24) is 14.8 Å². The Labute approximate surface area is 100 Å². The van der Waals surface area contributed by atoms with E-state index in [4.69, 9.17) is 4.74 Å². The van der Waals surface area contributed by atoms with Gasteiger partial charge in [0.25, 0.3) is 0 Å². The van der Waals surface area contributed by atoms with Crippen LogP contribution in [0.3, 0.4) is 0 Å². The molecule has 0 aliphatic carbocycles. The highest BCUT2D eigenvalue weighted by Gasteiger charge is 1.98. The van der Waals surface area contributed by atoms with Crippen molar-refractivity contribution in [3.05, 3.63) is 42.5 Å². The molecule has 1 N–H and O–H groups in total. The Morgan fingerprint density at radius 3 is 3.12 bits per heavy atom. The minimum atomic E-state index is 0.668. The molecule has 2 aromatic heterocycles. The first-order valence-electron chi connectivity index (χ1n) is 5.53. The van der Waals surface area contributed by atoms with Gasteiger partial charge in [-0.1, -0.05) is 6.07 Å². The van der Waals surface area contributed by atoms with E-state index in [1.807, 2.05) is 29.1 Å². The smallest absolute Gasteiger partial charge is 0.0729 e. The van der Waals surface area contributed by atoms with Crippen LogP contribution in [0.25, 0.3) is 0 Å². The average molecular weight is 232 g/mol. The van der Waals surface area contributed by atoms with E-state index in [0.717, 1.165) is 17.9 Å². The van der Waals surface area contributed by atoms with Crippen molar-refractivity contribution in [2.24, 2.45) is 0 Å². The van der Waals surface area contributed by atoms with Gasteiger partial charge in [-0.05, 0) is 12.1 Å². The van der Waals surface area contributed by atoms with Gasteiger partial charge in [-0.2, -0.15) is 5.10 Å². The highest BCUT2D eigenvalue weighted by molar-refractivity contribution is 5.38. The molecular weight excluding hydrogens is 216 g/mol. The fourth-order valence-electron chi connectivity index (χ4n) is 1.46. The normalized spacial score (nSPS) is 10.4. The minimum absolute atomic E-state index is 0.668. The lowest BCUT2D eigenvalue weighted by Gasteiger charge is -2.02. The third-order valence-corrected chi connectivity index (χ3v) is 2.36. The van der Waals surface area contributed by atoms with E-state index in [1.165, 1.54) is 0 Å². The van der Waals surface area contributed by atoms with Gasteiger partial charge in [0.05, 0.1) is 37.3 Å². The Kier molecular flexibility index (Phi) is 4.10. The zero-order chi connectivity index (χ0) is 11.9. The molecule has 0 spiro atoms. The highest BCUT2D eigenvalue weighted by atomic mass is 16.5. The molecule has 0 fully saturated rings. The van der Waals surface area contributed by atoms with E-state index >= 15 is 0 Å². The van der Waals surface area contributed by atoms with Crippen LogP contribution in [-0.4, -0.2) is 28.5 Å². The number of pyridine rings is 1. The number of rotatable bonds is 6. The van der Waals surface area contributed by atoms with Crippen LogP contribution in [0.1, 0.15) is 5.69 Å². The van der Waals surface area contributed by atoms with Gasteiger partial charge < -0.3 is 10.1 Å². The Morgan fingerprint density at radius 1 is 1.41 bits per heavy atom. The van der Waals surface area contributed by atoms with E-state index in [-0.39, 0.29) is 0 Å². The highest BCUT2D eigenvalue weighted by Crippen LogP contribution is 2.06. The molecule has 0 atom stereocenters. The number of nitrogens with zero attached hydrogens (tertiary/aromatic N) is 3. The average Bonchev–Trinajstić information content (AvgIpc) is 2.83. The fourth-order valence-corrected chi connectivity index (χ4v) is 1.46. The van der Waals surface area contributed by atoms with Gasteiger partial charge in [0.2, 0.25) is 0 Å². The second-order valence-electron chi connectivity index (χ2n) is 3.66. The van der Waals surface area contributed by atoms with Crippen LogP contribution in [0.2, 0.25) is 0 Å². The zero-order valence-electron chi connectivity index (χ0n) is 9.84. The summed E-state index contributed by atoms with van der Waals surface area (Å²) in [6.45, 7) is 2.14. The summed E-state index contributed by atoms with van der Waals surface area (Å²) in [4.78, 5) is 4.24. The first-order valence-corrected chi connectivity index (χ1v) is 5.53. The predicted octanol–water partition coefficient (Wildman–Crippen LogP) is 1.54. The molecule has 0 aromatic carbocycles. The van der Waals surface area contributed by atoms with Gasteiger partial charge >= 0.3 is 0 Å². The summed E-state index contributed by atoms with van der Waals surface area (Å²) in [5.41, 5.74) is 2.00. The summed E-state index contributed by atoms with van der Waals surface area (Å²) in [7, 11) is 1.68. The predicted molar refractivity (Wildman–Crippen MR) is 65.7 cm³/mol. The summed E-state index contributed by atoms with van der Waals surface area (Å²) >= 11 is 0. The summed E-state index contributed by atoms with van der Waals surface area (Å²) in [5, 5.41) is 7.49. The Balaban J connectivity index is 1.85. The quantitative estimate of drug-likeness (QED) is 0.820. The van der Waals surface area contributed by atoms with Crippen LogP contribution in [-0.2, 0) is 17.8 Å². The van der Waals surface area contributed by atoms with Gasteiger partial charge in [-0.15, -0.1) is 0 Å². The fraction of sp³-hybridized carbons (Fsp3) is 0.333. The van der Waals surface area contributed by atoms with Crippen LogP contribution >= 0.6 is 0 Å². The number of ether oxygens (including phenoxy) is 1. The lowest BCUT2D eigenvalue weighted by molar-refractivity contribution is 0.183. The van der Waals surface area contributed by atoms with Crippen molar-refractivity contribution >= 4 is 5.69 Å². The zero-order valence-corrected chi connectivity index (χ0v) is 9.84. The van der Waals surface area contributed by atoms with Gasteiger partial charge in [0, 0.05) is 19.5 Å². The monoisotopic (exact) mass is 232 g/mol. The molecule has 0 saturated carbocycles. The largest absolute Gasteiger partial charge is 0.383 e. The van der Waals surface area contributed by atoms with Crippen molar-refractivity contribution in [1.29, 1.82) is 0 Å². The SMILES string of the molecule is COCCn1cc(NCc2ccccn2)cn1. The van der Waals surface area contributed by atoms with E-state index < -0.39 is 0 Å². The summed E-state index contributed by atoms with van der Waals surface area (Å²) in [6.07, 6.45) is 5.56. The van der Waals surface area contributed by atoms with Crippen LogP contribution in [0.4, 0.5) is 5.69 Å². The maximum absolute atomic E-state index is 4.99. The van der Waals surface area contributed by atoms with Gasteiger partial charge in [-0.3, -0.25) is 9.67 Å². The lowest BCUT2D eigenvalue weighted by Crippen LogP contribution is -2.04. The first kappa shape index (κ1) is 11.6. The number of nitrogens with one attached hydrogen (secondary N) is 1. The van der Waals surface area contributed by atoms with Gasteiger partial charge in [0.1, 0.15) is 0 Å². The molecule has 2 aromatic rings. The Morgan fingerprint density at radius 2 is 2.35 bits per heavy atom. The van der Waals surface area contributed by atoms with E-state index in [1.54, 1.807) is 19.5 Å². The van der Waals surface area contributed by atoms with Crippen LogP contribution in [0, 0.1) is 0 Å². The van der Waals surface area contributed by atoms with Crippen LogP contribution in [0.5, 0.6) is 0 Å². The van der Waals surface area contributed by atoms with E-state index in [9.17, 15) is 0 Å². The number of aromatic nitrogens is 3. The van der Waals surface area contributed by atoms with Crippen LogP contribution < -0.4 is 5.32 Å². The third kappa shape index (κ3) is 3.57. The molecular formula is C12H16N4O. The molecule has 0 saturated heterocycles. The first-order chi connectivity index (χ1) is 8.38. The molecule has 0 amide bonds. The van der Waals surface area contributed by atoms with Crippen molar-refractivity contribution in [3.63, 3.8) is 0 Å². The molecule has 5 nitrogen and oxygen atoms in total. The molecule has 17 heavy (non-hydrogen) atoms. The van der Waals surface area contributed by atoms with Crippen LogP contribution in [0.15, 0.2) is 36.8 Å². The number of hydrogen-bond acceptors (Lipinski definition) is 4. The van der Waals surface area contributed by atoms with E-state index in [0.29, 0.717) is 13.2 Å². The topological polar surface area (TPSA) is 52.0 Å². The summed E-state index contributed by atoms with van der Waals surface area (Å²) in [5.74, 6) is 0. The third-order valence-electron chi connectivity index (χ3n) is 2.36. The summed E-state index contributed by atoms with van der Waals surface area (Å²) in [6, 6.07) is 5.88. The molecule has 0 aliphatic heterocycles. The van der Waals surface area contributed by atoms with Crippen molar-refractivity contribution in [2.45, 2.75) is 13.1 Å². The van der Waals surface area contributed by atoms with Crippen molar-refractivity contribution in [3.8, 4) is 0 Å². The second kappa shape index (κ2) is 6.00. The van der Waals surface area contributed by atoms with Crippen molar-refractivity contribution < 1.29 is 4.74 Å². The maximum atomic E-state index is 4.99. The maximum Gasteiger partial charge on any atom is 0.0729 e. The minimum Gasteiger partial charge on any atom is -0.383 e. The van der Waals surface area contributed by atoms with Gasteiger partial charge in [-0.25, -0.2) is 0 Å². The van der Waals surface area contributed by atoms with Crippen molar-refractivity contribution in [2.75, 3.05) is 19.0 Å². The molecule has 2 heterocycles. The van der Waals surface area contributed by atoms with E-state index in [2.05, 4.69) is 15.4 Å². The number of methoxy groups -OCH3 is 1. The molecule has 90 valence electrons. The Bertz CT molecular complexity index is 441.